The summed E-state index contributed by atoms with van der Waals surface area (Å²) in [7, 11) is -2.79. The van der Waals surface area contributed by atoms with Crippen LogP contribution in [0.2, 0.25) is 0 Å². The van der Waals surface area contributed by atoms with Gasteiger partial charge in [-0.1, -0.05) is 6.42 Å². The summed E-state index contributed by atoms with van der Waals surface area (Å²) in [5.74, 6) is 0.655. The molecule has 2 heterocycles. The van der Waals surface area contributed by atoms with Crippen LogP contribution >= 0.6 is 0 Å². The van der Waals surface area contributed by atoms with Gasteiger partial charge in [0.05, 0.1) is 11.5 Å². The topological polar surface area (TPSA) is 58.2 Å². The average Bonchev–Trinajstić information content (AvgIpc) is 2.61. The summed E-state index contributed by atoms with van der Waals surface area (Å²) in [5.41, 5.74) is -0.182. The fourth-order valence-electron chi connectivity index (χ4n) is 3.06. The Labute approximate surface area is 111 Å². The second-order valence-electron chi connectivity index (χ2n) is 6.12. The Hall–Kier alpha value is -0.130. The van der Waals surface area contributed by atoms with Gasteiger partial charge in [-0.3, -0.25) is 0 Å². The Morgan fingerprint density at radius 1 is 1.39 bits per heavy atom. The molecule has 2 aliphatic rings. The molecular weight excluding hydrogens is 248 g/mol. The first kappa shape index (κ1) is 14.3. The maximum atomic E-state index is 11.5. The maximum Gasteiger partial charge on any atom is 0.152 e. The first-order chi connectivity index (χ1) is 8.49. The van der Waals surface area contributed by atoms with Crippen molar-refractivity contribution in [3.8, 4) is 0 Å². The molecule has 2 rings (SSSR count). The lowest BCUT2D eigenvalue weighted by atomic mass is 9.99. The summed E-state index contributed by atoms with van der Waals surface area (Å²) in [6, 6.07) is 0.681. The van der Waals surface area contributed by atoms with Crippen molar-refractivity contribution >= 4 is 9.84 Å². The van der Waals surface area contributed by atoms with Crippen molar-refractivity contribution in [2.45, 2.75) is 57.0 Å². The van der Waals surface area contributed by atoms with Gasteiger partial charge in [0.1, 0.15) is 0 Å². The summed E-state index contributed by atoms with van der Waals surface area (Å²) >= 11 is 0. The van der Waals surface area contributed by atoms with Crippen LogP contribution in [0.1, 0.15) is 45.4 Å². The normalized spacial score (nSPS) is 35.7. The van der Waals surface area contributed by atoms with Crippen LogP contribution in [0.4, 0.5) is 0 Å². The maximum absolute atomic E-state index is 11.5. The van der Waals surface area contributed by atoms with Crippen LogP contribution in [0.5, 0.6) is 0 Å². The predicted molar refractivity (Wildman–Crippen MR) is 74.6 cm³/mol. The molecule has 0 spiro atoms. The van der Waals surface area contributed by atoms with Gasteiger partial charge in [0.25, 0.3) is 0 Å². The minimum Gasteiger partial charge on any atom is -0.314 e. The summed E-state index contributed by atoms with van der Waals surface area (Å²) < 4.78 is 23.0. The molecule has 0 aromatic heterocycles. The molecular formula is C13H26N2O2S. The number of sulfone groups is 1. The van der Waals surface area contributed by atoms with Gasteiger partial charge in [-0.15, -0.1) is 0 Å². The summed E-state index contributed by atoms with van der Waals surface area (Å²) in [5, 5.41) is 6.99. The number of hydrogen-bond acceptors (Lipinski definition) is 4. The van der Waals surface area contributed by atoms with Crippen molar-refractivity contribution in [2.75, 3.05) is 24.6 Å². The van der Waals surface area contributed by atoms with Crippen LogP contribution in [-0.2, 0) is 9.84 Å². The van der Waals surface area contributed by atoms with Crippen molar-refractivity contribution in [2.24, 2.45) is 0 Å². The quantitative estimate of drug-likeness (QED) is 0.737. The van der Waals surface area contributed by atoms with E-state index in [1.54, 1.807) is 0 Å². The highest BCUT2D eigenvalue weighted by Gasteiger charge is 2.37. The zero-order chi connectivity index (χ0) is 13.1. The van der Waals surface area contributed by atoms with E-state index in [1.165, 1.54) is 25.7 Å². The molecule has 0 saturated carbocycles. The Morgan fingerprint density at radius 3 is 2.83 bits per heavy atom. The number of piperidine rings is 1. The van der Waals surface area contributed by atoms with Crippen LogP contribution in [0.15, 0.2) is 0 Å². The average molecular weight is 274 g/mol. The van der Waals surface area contributed by atoms with E-state index in [9.17, 15) is 8.42 Å². The van der Waals surface area contributed by atoms with Gasteiger partial charge in [0, 0.05) is 11.6 Å². The third kappa shape index (κ3) is 4.21. The lowest BCUT2D eigenvalue weighted by Gasteiger charge is -2.26. The van der Waals surface area contributed by atoms with Crippen LogP contribution in [0.25, 0.3) is 0 Å². The summed E-state index contributed by atoms with van der Waals surface area (Å²) in [4.78, 5) is 0. The molecule has 5 heteroatoms. The molecule has 106 valence electrons. The van der Waals surface area contributed by atoms with Gasteiger partial charge in [-0.2, -0.15) is 0 Å². The summed E-state index contributed by atoms with van der Waals surface area (Å²) in [6.45, 7) is 4.13. The number of rotatable bonds is 5. The molecule has 2 saturated heterocycles. The molecule has 2 aliphatic heterocycles. The molecule has 0 bridgehead atoms. The van der Waals surface area contributed by atoms with E-state index in [0.717, 1.165) is 25.9 Å². The Kier molecular flexibility index (Phi) is 4.67. The Bertz CT molecular complexity index is 363. The van der Waals surface area contributed by atoms with Crippen molar-refractivity contribution in [3.05, 3.63) is 0 Å². The molecule has 0 radical (unpaired) electrons. The SMILES string of the molecule is CC1(NCCCC2CCCCN2)CCS(=O)(=O)C1. The second-order valence-corrected chi connectivity index (χ2v) is 8.30. The minimum atomic E-state index is -2.79. The van der Waals surface area contributed by atoms with E-state index in [1.807, 2.05) is 6.92 Å². The predicted octanol–water partition coefficient (Wildman–Crippen LogP) is 1.08. The third-order valence-electron chi connectivity index (χ3n) is 4.20. The van der Waals surface area contributed by atoms with Crippen LogP contribution in [-0.4, -0.2) is 44.6 Å². The molecule has 2 atom stereocenters. The van der Waals surface area contributed by atoms with Gasteiger partial charge in [0.15, 0.2) is 9.84 Å². The highest BCUT2D eigenvalue weighted by molar-refractivity contribution is 7.91. The van der Waals surface area contributed by atoms with Gasteiger partial charge in [-0.25, -0.2) is 8.42 Å². The number of nitrogens with one attached hydrogen (secondary N) is 2. The molecule has 4 nitrogen and oxygen atoms in total. The Morgan fingerprint density at radius 2 is 2.22 bits per heavy atom. The van der Waals surface area contributed by atoms with E-state index < -0.39 is 9.84 Å². The van der Waals surface area contributed by atoms with E-state index >= 15 is 0 Å². The molecule has 2 N–H and O–H groups in total. The van der Waals surface area contributed by atoms with Crippen molar-refractivity contribution in [1.29, 1.82) is 0 Å². The highest BCUT2D eigenvalue weighted by Crippen LogP contribution is 2.22. The number of hydrogen-bond donors (Lipinski definition) is 2. The van der Waals surface area contributed by atoms with Crippen molar-refractivity contribution in [3.63, 3.8) is 0 Å². The third-order valence-corrected chi connectivity index (χ3v) is 6.10. The molecule has 2 fully saturated rings. The largest absolute Gasteiger partial charge is 0.314 e. The molecule has 2 unspecified atom stereocenters. The second kappa shape index (κ2) is 5.88. The minimum absolute atomic E-state index is 0.182. The first-order valence-electron chi connectivity index (χ1n) is 7.18. The van der Waals surface area contributed by atoms with Crippen LogP contribution in [0, 0.1) is 0 Å². The lowest BCUT2D eigenvalue weighted by molar-refractivity contribution is 0.351. The van der Waals surface area contributed by atoms with Crippen LogP contribution in [0.3, 0.4) is 0 Å². The first-order valence-corrected chi connectivity index (χ1v) is 9.00. The zero-order valence-corrected chi connectivity index (χ0v) is 12.2. The fraction of sp³-hybridized carbons (Fsp3) is 1.00. The van der Waals surface area contributed by atoms with E-state index in [4.69, 9.17) is 0 Å². The van der Waals surface area contributed by atoms with Crippen molar-refractivity contribution in [1.82, 2.24) is 10.6 Å². The Balaban J connectivity index is 1.63. The van der Waals surface area contributed by atoms with E-state index in [2.05, 4.69) is 10.6 Å². The smallest absolute Gasteiger partial charge is 0.152 e. The molecule has 0 aromatic carbocycles. The van der Waals surface area contributed by atoms with Crippen LogP contribution < -0.4 is 10.6 Å². The van der Waals surface area contributed by atoms with Crippen molar-refractivity contribution < 1.29 is 8.42 Å². The lowest BCUT2D eigenvalue weighted by Crippen LogP contribution is -2.44. The van der Waals surface area contributed by atoms with Gasteiger partial charge < -0.3 is 10.6 Å². The molecule has 0 amide bonds. The van der Waals surface area contributed by atoms with E-state index in [0.29, 0.717) is 17.5 Å². The standard InChI is InChI=1S/C13H26N2O2S/c1-13(7-10-18(16,17)11-13)15-9-4-6-12-5-2-3-8-14-12/h12,14-15H,2-11H2,1H3. The van der Waals surface area contributed by atoms with Gasteiger partial charge in [-0.05, 0) is 52.1 Å². The van der Waals surface area contributed by atoms with E-state index in [-0.39, 0.29) is 5.54 Å². The van der Waals surface area contributed by atoms with Gasteiger partial charge >= 0.3 is 0 Å². The fourth-order valence-corrected chi connectivity index (χ4v) is 5.18. The highest BCUT2D eigenvalue weighted by atomic mass is 32.2. The molecule has 0 aliphatic carbocycles. The van der Waals surface area contributed by atoms with Gasteiger partial charge in [0.2, 0.25) is 0 Å². The monoisotopic (exact) mass is 274 g/mol. The molecule has 18 heavy (non-hydrogen) atoms. The summed E-state index contributed by atoms with van der Waals surface area (Å²) in [6.07, 6.45) is 7.05. The molecule has 0 aromatic rings. The zero-order valence-electron chi connectivity index (χ0n) is 11.4.